The lowest BCUT2D eigenvalue weighted by Crippen LogP contribution is -2.42. The van der Waals surface area contributed by atoms with Crippen molar-refractivity contribution in [1.29, 1.82) is 0 Å². The van der Waals surface area contributed by atoms with E-state index in [0.717, 1.165) is 38.0 Å². The largest absolute Gasteiger partial charge is 0.362 e. The van der Waals surface area contributed by atoms with Gasteiger partial charge in [0, 0.05) is 68.5 Å². The first-order valence-corrected chi connectivity index (χ1v) is 6.64. The van der Waals surface area contributed by atoms with Crippen molar-refractivity contribution in [2.24, 2.45) is 9.98 Å². The Morgan fingerprint density at radius 2 is 1.42 bits per heavy atom. The minimum absolute atomic E-state index is 0.940. The molecule has 0 atom stereocenters. The Bertz CT molecular complexity index is 298. The van der Waals surface area contributed by atoms with E-state index in [1.807, 2.05) is 40.0 Å². The van der Waals surface area contributed by atoms with Crippen molar-refractivity contribution in [3.05, 3.63) is 0 Å². The molecule has 0 bridgehead atoms. The predicted octanol–water partition coefficient (Wildman–Crippen LogP) is 0.0352. The number of nitrogens with one attached hydrogen (secondary N) is 1. The molecule has 0 aliphatic rings. The van der Waals surface area contributed by atoms with Gasteiger partial charge in [-0.2, -0.15) is 0 Å². The number of rotatable bonds is 6. The molecule has 112 valence electrons. The van der Waals surface area contributed by atoms with Crippen molar-refractivity contribution in [1.82, 2.24) is 20.0 Å². The van der Waals surface area contributed by atoms with Gasteiger partial charge in [0.15, 0.2) is 5.96 Å². The molecule has 0 heterocycles. The monoisotopic (exact) mass is 270 g/mol. The highest BCUT2D eigenvalue weighted by Gasteiger charge is 2.06. The molecule has 0 aromatic heterocycles. The van der Waals surface area contributed by atoms with Crippen molar-refractivity contribution in [2.45, 2.75) is 6.92 Å². The lowest BCUT2D eigenvalue weighted by Gasteiger charge is -2.26. The maximum atomic E-state index is 4.27. The van der Waals surface area contributed by atoms with E-state index in [2.05, 4.69) is 39.2 Å². The molecule has 0 aromatic rings. The molecule has 0 unspecified atom stereocenters. The maximum absolute atomic E-state index is 4.27. The second-order valence-electron chi connectivity index (χ2n) is 4.78. The van der Waals surface area contributed by atoms with E-state index in [1.165, 1.54) is 0 Å². The minimum Gasteiger partial charge on any atom is -0.362 e. The first-order valence-electron chi connectivity index (χ1n) is 6.64. The summed E-state index contributed by atoms with van der Waals surface area (Å²) in [5.41, 5.74) is 0. The van der Waals surface area contributed by atoms with Crippen molar-refractivity contribution in [3.8, 4) is 0 Å². The van der Waals surface area contributed by atoms with Crippen LogP contribution in [0.4, 0.5) is 0 Å². The molecule has 0 amide bonds. The molecule has 6 nitrogen and oxygen atoms in total. The summed E-state index contributed by atoms with van der Waals surface area (Å²) in [6.45, 7) is 5.83. The lowest BCUT2D eigenvalue weighted by atomic mass is 10.4. The van der Waals surface area contributed by atoms with Gasteiger partial charge in [0.25, 0.3) is 0 Å². The predicted molar refractivity (Wildman–Crippen MR) is 84.2 cm³/mol. The average molecular weight is 270 g/mol. The van der Waals surface area contributed by atoms with Crippen LogP contribution in [0.2, 0.25) is 0 Å². The van der Waals surface area contributed by atoms with Crippen LogP contribution in [-0.2, 0) is 0 Å². The number of likely N-dealkylation sites (N-methyl/N-ethyl adjacent to an activating group) is 2. The normalized spacial score (nSPS) is 12.6. The SMILES string of the molecule is CN=C(C)N(C)CCNCCN(C)C(=NC)N(C)C. The van der Waals surface area contributed by atoms with Gasteiger partial charge in [-0.1, -0.05) is 0 Å². The minimum atomic E-state index is 0.940. The zero-order valence-corrected chi connectivity index (χ0v) is 13.6. The summed E-state index contributed by atoms with van der Waals surface area (Å²) < 4.78 is 0. The fourth-order valence-corrected chi connectivity index (χ4v) is 1.76. The second-order valence-corrected chi connectivity index (χ2v) is 4.78. The van der Waals surface area contributed by atoms with Crippen LogP contribution in [0.15, 0.2) is 9.98 Å². The molecule has 6 heteroatoms. The van der Waals surface area contributed by atoms with Crippen LogP contribution >= 0.6 is 0 Å². The molecule has 0 radical (unpaired) electrons. The van der Waals surface area contributed by atoms with Gasteiger partial charge in [0.05, 0.1) is 5.84 Å². The molecule has 0 aromatic carbocycles. The molecule has 0 spiro atoms. The molecule has 19 heavy (non-hydrogen) atoms. The molecule has 0 rings (SSSR count). The van der Waals surface area contributed by atoms with Gasteiger partial charge in [0.1, 0.15) is 0 Å². The molecular weight excluding hydrogens is 240 g/mol. The number of hydrogen-bond acceptors (Lipinski definition) is 3. The van der Waals surface area contributed by atoms with Crippen molar-refractivity contribution < 1.29 is 0 Å². The van der Waals surface area contributed by atoms with E-state index in [4.69, 9.17) is 0 Å². The molecule has 0 fully saturated rings. The van der Waals surface area contributed by atoms with Crippen LogP contribution in [0.1, 0.15) is 6.92 Å². The summed E-state index contributed by atoms with van der Waals surface area (Å²) in [7, 11) is 11.8. The van der Waals surface area contributed by atoms with Gasteiger partial charge in [-0.25, -0.2) is 0 Å². The third-order valence-electron chi connectivity index (χ3n) is 3.07. The van der Waals surface area contributed by atoms with Gasteiger partial charge in [-0.05, 0) is 6.92 Å². The number of hydrogen-bond donors (Lipinski definition) is 1. The van der Waals surface area contributed by atoms with E-state index in [-0.39, 0.29) is 0 Å². The Morgan fingerprint density at radius 1 is 0.895 bits per heavy atom. The smallest absolute Gasteiger partial charge is 0.195 e. The van der Waals surface area contributed by atoms with Gasteiger partial charge >= 0.3 is 0 Å². The van der Waals surface area contributed by atoms with Crippen LogP contribution < -0.4 is 5.32 Å². The third-order valence-corrected chi connectivity index (χ3v) is 3.07. The van der Waals surface area contributed by atoms with Crippen LogP contribution in [0.3, 0.4) is 0 Å². The summed E-state index contributed by atoms with van der Waals surface area (Å²) in [5, 5.41) is 3.43. The van der Waals surface area contributed by atoms with E-state index in [9.17, 15) is 0 Å². The topological polar surface area (TPSA) is 46.5 Å². The first-order chi connectivity index (χ1) is 8.93. The third kappa shape index (κ3) is 7.00. The number of guanidine groups is 1. The van der Waals surface area contributed by atoms with Crippen molar-refractivity contribution >= 4 is 11.8 Å². The number of amidine groups is 1. The molecule has 0 aliphatic heterocycles. The summed E-state index contributed by atoms with van der Waals surface area (Å²) in [6, 6.07) is 0. The van der Waals surface area contributed by atoms with Crippen LogP contribution in [0, 0.1) is 0 Å². The first kappa shape index (κ1) is 17.7. The Labute approximate surface area is 118 Å². The molecule has 1 N–H and O–H groups in total. The van der Waals surface area contributed by atoms with Gasteiger partial charge in [0.2, 0.25) is 0 Å². The summed E-state index contributed by atoms with van der Waals surface area (Å²) in [6.07, 6.45) is 0. The van der Waals surface area contributed by atoms with Gasteiger partial charge in [-0.3, -0.25) is 9.98 Å². The van der Waals surface area contributed by atoms with E-state index >= 15 is 0 Å². The molecular formula is C13H30N6. The number of aliphatic imine (C=N–C) groups is 2. The summed E-state index contributed by atoms with van der Waals surface area (Å²) >= 11 is 0. The fraction of sp³-hybridized carbons (Fsp3) is 0.846. The summed E-state index contributed by atoms with van der Waals surface area (Å²) in [5.74, 6) is 2.06. The second kappa shape index (κ2) is 9.61. The van der Waals surface area contributed by atoms with Crippen molar-refractivity contribution in [3.63, 3.8) is 0 Å². The van der Waals surface area contributed by atoms with Gasteiger partial charge in [-0.15, -0.1) is 0 Å². The van der Waals surface area contributed by atoms with E-state index < -0.39 is 0 Å². The average Bonchev–Trinajstić information content (AvgIpc) is 2.37. The quantitative estimate of drug-likeness (QED) is 0.420. The van der Waals surface area contributed by atoms with Crippen LogP contribution in [-0.4, -0.2) is 95.0 Å². The molecule has 0 saturated heterocycles. The Balaban J connectivity index is 3.81. The lowest BCUT2D eigenvalue weighted by molar-refractivity contribution is 0.407. The number of nitrogens with zero attached hydrogens (tertiary/aromatic N) is 5. The Kier molecular flexibility index (Phi) is 8.95. The fourth-order valence-electron chi connectivity index (χ4n) is 1.76. The highest BCUT2D eigenvalue weighted by molar-refractivity contribution is 5.79. The zero-order valence-electron chi connectivity index (χ0n) is 13.6. The summed E-state index contributed by atoms with van der Waals surface area (Å²) in [4.78, 5) is 14.7. The zero-order chi connectivity index (χ0) is 14.8. The van der Waals surface area contributed by atoms with E-state index in [0.29, 0.717) is 0 Å². The highest BCUT2D eigenvalue weighted by atomic mass is 15.3. The highest BCUT2D eigenvalue weighted by Crippen LogP contribution is 1.90. The molecule has 0 aliphatic carbocycles. The Hall–Kier alpha value is -1.30. The van der Waals surface area contributed by atoms with Crippen LogP contribution in [0.5, 0.6) is 0 Å². The maximum Gasteiger partial charge on any atom is 0.195 e. The standard InChI is InChI=1S/C13H30N6/c1-12(14-2)18(6)10-8-16-9-11-19(7)13(15-3)17(4)5/h16H,8-11H2,1-7H3. The van der Waals surface area contributed by atoms with Crippen molar-refractivity contribution in [2.75, 3.05) is 68.5 Å². The molecule has 0 saturated carbocycles. The van der Waals surface area contributed by atoms with E-state index in [1.54, 1.807) is 0 Å². The van der Waals surface area contributed by atoms with Crippen LogP contribution in [0.25, 0.3) is 0 Å². The Morgan fingerprint density at radius 3 is 1.84 bits per heavy atom. The van der Waals surface area contributed by atoms with Gasteiger partial charge < -0.3 is 20.0 Å².